The molecule has 0 amide bonds. The van der Waals surface area contributed by atoms with Crippen molar-refractivity contribution in [2.45, 2.75) is 13.3 Å². The Morgan fingerprint density at radius 1 is 1.00 bits per heavy atom. The highest BCUT2D eigenvalue weighted by Gasteiger charge is 2.20. The number of aryl methyl sites for hydroxylation is 1. The van der Waals surface area contributed by atoms with Gasteiger partial charge in [0.25, 0.3) is 11.4 Å². The van der Waals surface area contributed by atoms with Gasteiger partial charge in [-0.2, -0.15) is 0 Å². The van der Waals surface area contributed by atoms with Gasteiger partial charge in [-0.15, -0.1) is 0 Å². The van der Waals surface area contributed by atoms with Crippen LogP contribution in [0, 0.1) is 27.2 Å². The van der Waals surface area contributed by atoms with E-state index in [2.05, 4.69) is 0 Å². The van der Waals surface area contributed by atoms with Crippen molar-refractivity contribution in [2.24, 2.45) is 0 Å². The molecule has 0 heterocycles. The first-order valence-corrected chi connectivity index (χ1v) is 7.03. The quantitative estimate of drug-likeness (QED) is 0.456. The Bertz CT molecular complexity index is 753. The van der Waals surface area contributed by atoms with Gasteiger partial charge < -0.3 is 4.74 Å². The van der Waals surface area contributed by atoms with Gasteiger partial charge in [0.2, 0.25) is 0 Å². The lowest BCUT2D eigenvalue weighted by Crippen LogP contribution is -2.09. The van der Waals surface area contributed by atoms with Crippen molar-refractivity contribution >= 4 is 17.3 Å². The number of nitro benzene ring substituents is 2. The van der Waals surface area contributed by atoms with Gasteiger partial charge in [0.05, 0.1) is 28.1 Å². The molecule has 2 rings (SSSR count). The average molecular weight is 330 g/mol. The molecule has 0 atom stereocenters. The highest BCUT2D eigenvalue weighted by atomic mass is 16.6. The zero-order valence-corrected chi connectivity index (χ0v) is 12.8. The molecule has 8 heteroatoms. The number of ether oxygens (including phenoxy) is 1. The van der Waals surface area contributed by atoms with E-state index in [9.17, 15) is 25.0 Å². The summed E-state index contributed by atoms with van der Waals surface area (Å²) in [6, 6.07) is 10.4. The normalized spacial score (nSPS) is 10.2. The standard InChI is InChI=1S/C16H14N2O6/c1-11-2-4-12(5-3-11)6-7-24-16(19)13-8-14(17(20)21)10-15(9-13)18(22)23/h2-5,8-10H,6-7H2,1H3. The minimum absolute atomic E-state index is 0.0678. The number of carbonyl (C=O) groups is 1. The Morgan fingerprint density at radius 2 is 1.54 bits per heavy atom. The van der Waals surface area contributed by atoms with Gasteiger partial charge in [0.15, 0.2) is 0 Å². The van der Waals surface area contributed by atoms with Crippen LogP contribution in [0.4, 0.5) is 11.4 Å². The highest BCUT2D eigenvalue weighted by Crippen LogP contribution is 2.23. The maximum absolute atomic E-state index is 12.0. The number of rotatable bonds is 6. The Kier molecular flexibility index (Phi) is 5.20. The molecule has 0 aliphatic heterocycles. The zero-order chi connectivity index (χ0) is 17.7. The number of esters is 1. The van der Waals surface area contributed by atoms with Crippen molar-refractivity contribution in [3.8, 4) is 0 Å². The van der Waals surface area contributed by atoms with E-state index in [0.29, 0.717) is 6.42 Å². The molecule has 8 nitrogen and oxygen atoms in total. The van der Waals surface area contributed by atoms with Crippen LogP contribution in [0.2, 0.25) is 0 Å². The van der Waals surface area contributed by atoms with Crippen molar-refractivity contribution in [3.63, 3.8) is 0 Å². The predicted molar refractivity (Wildman–Crippen MR) is 84.9 cm³/mol. The number of hydrogen-bond acceptors (Lipinski definition) is 6. The summed E-state index contributed by atoms with van der Waals surface area (Å²) in [6.45, 7) is 2.03. The Hall–Kier alpha value is -3.29. The van der Waals surface area contributed by atoms with E-state index < -0.39 is 27.2 Å². The van der Waals surface area contributed by atoms with Crippen LogP contribution < -0.4 is 0 Å². The van der Waals surface area contributed by atoms with Gasteiger partial charge in [-0.3, -0.25) is 20.2 Å². The molecule has 0 radical (unpaired) electrons. The molecule has 2 aromatic carbocycles. The summed E-state index contributed by atoms with van der Waals surface area (Å²) >= 11 is 0. The maximum atomic E-state index is 12.0. The largest absolute Gasteiger partial charge is 0.462 e. The SMILES string of the molecule is Cc1ccc(CCOC(=O)c2cc([N+](=O)[O-])cc([N+](=O)[O-])c2)cc1. The van der Waals surface area contributed by atoms with E-state index in [1.54, 1.807) is 0 Å². The average Bonchev–Trinajstić information content (AvgIpc) is 2.56. The van der Waals surface area contributed by atoms with Crippen LogP contribution in [0.15, 0.2) is 42.5 Å². The van der Waals surface area contributed by atoms with Gasteiger partial charge in [-0.1, -0.05) is 29.8 Å². The second-order valence-corrected chi connectivity index (χ2v) is 5.12. The maximum Gasteiger partial charge on any atom is 0.338 e. The van der Waals surface area contributed by atoms with Crippen LogP contribution in [0.3, 0.4) is 0 Å². The Labute approximate surface area is 137 Å². The molecule has 24 heavy (non-hydrogen) atoms. The first-order valence-electron chi connectivity index (χ1n) is 7.03. The summed E-state index contributed by atoms with van der Waals surface area (Å²) in [6.07, 6.45) is 0.475. The predicted octanol–water partition coefficient (Wildman–Crippen LogP) is 3.21. The number of hydrogen-bond donors (Lipinski definition) is 0. The molecule has 0 aliphatic carbocycles. The first-order chi connectivity index (χ1) is 11.4. The van der Waals surface area contributed by atoms with Gasteiger partial charge in [-0.25, -0.2) is 4.79 Å². The lowest BCUT2D eigenvalue weighted by atomic mass is 10.1. The summed E-state index contributed by atoms with van der Waals surface area (Å²) in [5, 5.41) is 21.6. The third-order valence-electron chi connectivity index (χ3n) is 3.30. The molecule has 0 aliphatic rings. The van der Waals surface area contributed by atoms with E-state index in [1.807, 2.05) is 31.2 Å². The smallest absolute Gasteiger partial charge is 0.338 e. The summed E-state index contributed by atoms with van der Waals surface area (Å²) in [5.74, 6) is -0.839. The fourth-order valence-corrected chi connectivity index (χ4v) is 2.02. The molecule has 0 saturated heterocycles. The minimum Gasteiger partial charge on any atom is -0.462 e. The second-order valence-electron chi connectivity index (χ2n) is 5.12. The summed E-state index contributed by atoms with van der Waals surface area (Å²) < 4.78 is 5.05. The molecule has 0 spiro atoms. The Morgan fingerprint density at radius 3 is 2.04 bits per heavy atom. The number of carbonyl (C=O) groups excluding carboxylic acids is 1. The fraction of sp³-hybridized carbons (Fsp3) is 0.188. The second kappa shape index (κ2) is 7.32. The topological polar surface area (TPSA) is 113 Å². The van der Waals surface area contributed by atoms with Crippen LogP contribution in [0.5, 0.6) is 0 Å². The van der Waals surface area contributed by atoms with E-state index in [4.69, 9.17) is 4.74 Å². The van der Waals surface area contributed by atoms with Crippen molar-refractivity contribution in [3.05, 3.63) is 79.4 Å². The van der Waals surface area contributed by atoms with E-state index in [-0.39, 0.29) is 12.2 Å². The number of benzene rings is 2. The number of non-ortho nitro benzene ring substituents is 2. The molecule has 0 fully saturated rings. The van der Waals surface area contributed by atoms with Crippen LogP contribution in [-0.2, 0) is 11.2 Å². The lowest BCUT2D eigenvalue weighted by molar-refractivity contribution is -0.394. The van der Waals surface area contributed by atoms with E-state index in [0.717, 1.165) is 29.3 Å². The number of nitrogens with zero attached hydrogens (tertiary/aromatic N) is 2. The Balaban J connectivity index is 2.07. The van der Waals surface area contributed by atoms with E-state index in [1.165, 1.54) is 0 Å². The fourth-order valence-electron chi connectivity index (χ4n) is 2.02. The summed E-state index contributed by atoms with van der Waals surface area (Å²) in [4.78, 5) is 32.0. The van der Waals surface area contributed by atoms with Gasteiger partial charge in [-0.05, 0) is 12.5 Å². The molecule has 0 bridgehead atoms. The molecular weight excluding hydrogens is 316 g/mol. The highest BCUT2D eigenvalue weighted by molar-refractivity contribution is 5.91. The van der Waals surface area contributed by atoms with Gasteiger partial charge in [0.1, 0.15) is 0 Å². The lowest BCUT2D eigenvalue weighted by Gasteiger charge is -2.05. The van der Waals surface area contributed by atoms with Crippen LogP contribution in [-0.4, -0.2) is 22.4 Å². The summed E-state index contributed by atoms with van der Waals surface area (Å²) in [5.41, 5.74) is 0.794. The minimum atomic E-state index is -0.839. The third kappa shape index (κ3) is 4.35. The van der Waals surface area contributed by atoms with E-state index >= 15 is 0 Å². The van der Waals surface area contributed by atoms with Gasteiger partial charge in [0, 0.05) is 18.6 Å². The molecule has 2 aromatic rings. The molecule has 0 N–H and O–H groups in total. The monoisotopic (exact) mass is 330 g/mol. The molecular formula is C16H14N2O6. The van der Waals surface area contributed by atoms with Crippen molar-refractivity contribution in [1.29, 1.82) is 0 Å². The molecule has 0 aromatic heterocycles. The van der Waals surface area contributed by atoms with Gasteiger partial charge >= 0.3 is 5.97 Å². The zero-order valence-electron chi connectivity index (χ0n) is 12.8. The summed E-state index contributed by atoms with van der Waals surface area (Å²) in [7, 11) is 0. The first kappa shape index (κ1) is 17.1. The van der Waals surface area contributed by atoms with Crippen molar-refractivity contribution in [2.75, 3.05) is 6.61 Å². The van der Waals surface area contributed by atoms with Crippen LogP contribution in [0.1, 0.15) is 21.5 Å². The van der Waals surface area contributed by atoms with Crippen LogP contribution >= 0.6 is 0 Å². The van der Waals surface area contributed by atoms with Crippen molar-refractivity contribution in [1.82, 2.24) is 0 Å². The molecule has 0 saturated carbocycles. The molecule has 0 unspecified atom stereocenters. The third-order valence-corrected chi connectivity index (χ3v) is 3.30. The van der Waals surface area contributed by atoms with Crippen LogP contribution in [0.25, 0.3) is 0 Å². The number of nitro groups is 2. The molecule has 124 valence electrons. The van der Waals surface area contributed by atoms with Crippen molar-refractivity contribution < 1.29 is 19.4 Å².